The highest BCUT2D eigenvalue weighted by molar-refractivity contribution is 5.92. The van der Waals surface area contributed by atoms with Crippen molar-refractivity contribution in [3.8, 4) is 5.69 Å². The molecule has 31 heavy (non-hydrogen) atoms. The number of amides is 1. The molecular weight excluding hydrogens is 422 g/mol. The van der Waals surface area contributed by atoms with Gasteiger partial charge in [0.05, 0.1) is 23.7 Å². The lowest BCUT2D eigenvalue weighted by Gasteiger charge is -2.18. The van der Waals surface area contributed by atoms with Gasteiger partial charge in [0.1, 0.15) is 11.5 Å². The van der Waals surface area contributed by atoms with E-state index in [-0.39, 0.29) is 16.9 Å². The molecular formula is C20H15F4N3O4. The minimum Gasteiger partial charge on any atom is -0.481 e. The van der Waals surface area contributed by atoms with Crippen LogP contribution < -0.4 is 10.9 Å². The van der Waals surface area contributed by atoms with E-state index < -0.39 is 47.5 Å². The molecule has 0 bridgehead atoms. The van der Waals surface area contributed by atoms with Crippen molar-refractivity contribution in [3.05, 3.63) is 87.6 Å². The maximum absolute atomic E-state index is 13.4. The van der Waals surface area contributed by atoms with E-state index in [1.54, 1.807) is 0 Å². The summed E-state index contributed by atoms with van der Waals surface area (Å²) in [4.78, 5) is 35.9. The second-order valence-corrected chi connectivity index (χ2v) is 6.57. The molecule has 0 aliphatic rings. The number of halogens is 4. The van der Waals surface area contributed by atoms with Gasteiger partial charge in [-0.25, -0.2) is 9.07 Å². The zero-order chi connectivity index (χ0) is 22.8. The zero-order valence-electron chi connectivity index (χ0n) is 15.6. The van der Waals surface area contributed by atoms with E-state index in [1.165, 1.54) is 18.2 Å². The molecule has 7 nitrogen and oxygen atoms in total. The summed E-state index contributed by atoms with van der Waals surface area (Å²) in [7, 11) is 0. The summed E-state index contributed by atoms with van der Waals surface area (Å²) in [6, 6.07) is 8.51. The zero-order valence-corrected chi connectivity index (χ0v) is 15.6. The van der Waals surface area contributed by atoms with Crippen LogP contribution in [0.25, 0.3) is 5.69 Å². The van der Waals surface area contributed by atoms with Crippen LogP contribution in [-0.4, -0.2) is 26.8 Å². The van der Waals surface area contributed by atoms with Gasteiger partial charge in [0.15, 0.2) is 0 Å². The maximum Gasteiger partial charge on any atom is 0.416 e. The third-order valence-electron chi connectivity index (χ3n) is 4.33. The molecule has 0 spiro atoms. The molecule has 0 aliphatic carbocycles. The number of benzene rings is 2. The Hall–Kier alpha value is -3.89. The summed E-state index contributed by atoms with van der Waals surface area (Å²) in [6.07, 6.45) is -5.34. The number of carboxylic acid groups (broad SMARTS) is 1. The quantitative estimate of drug-likeness (QED) is 0.515. The average Bonchev–Trinajstić information content (AvgIpc) is 3.08. The van der Waals surface area contributed by atoms with Crippen molar-refractivity contribution >= 4 is 11.9 Å². The third kappa shape index (κ3) is 5.18. The number of carbonyl (C=O) groups excluding carboxylic acids is 1. The molecule has 2 aromatic carbocycles. The largest absolute Gasteiger partial charge is 0.481 e. The third-order valence-corrected chi connectivity index (χ3v) is 4.33. The lowest BCUT2D eigenvalue weighted by Crippen LogP contribution is -2.30. The van der Waals surface area contributed by atoms with Gasteiger partial charge in [-0.3, -0.25) is 19.5 Å². The summed E-state index contributed by atoms with van der Waals surface area (Å²) in [6.45, 7) is 0. The first-order valence-corrected chi connectivity index (χ1v) is 8.82. The van der Waals surface area contributed by atoms with Crippen LogP contribution in [-0.2, 0) is 11.0 Å². The molecule has 3 rings (SSSR count). The van der Waals surface area contributed by atoms with Crippen LogP contribution in [0.4, 0.5) is 17.6 Å². The number of aliphatic carboxylic acids is 1. The fourth-order valence-electron chi connectivity index (χ4n) is 2.91. The van der Waals surface area contributed by atoms with Crippen LogP contribution in [0.2, 0.25) is 0 Å². The van der Waals surface area contributed by atoms with E-state index in [4.69, 9.17) is 5.11 Å². The average molecular weight is 437 g/mol. The van der Waals surface area contributed by atoms with E-state index in [0.29, 0.717) is 0 Å². The number of rotatable bonds is 6. The van der Waals surface area contributed by atoms with Crippen molar-refractivity contribution in [1.29, 1.82) is 0 Å². The van der Waals surface area contributed by atoms with Gasteiger partial charge in [0, 0.05) is 6.07 Å². The van der Waals surface area contributed by atoms with E-state index in [0.717, 1.165) is 41.1 Å². The highest BCUT2D eigenvalue weighted by Crippen LogP contribution is 2.31. The first-order valence-electron chi connectivity index (χ1n) is 8.82. The molecule has 1 amide bonds. The topological polar surface area (TPSA) is 104 Å². The highest BCUT2D eigenvalue weighted by atomic mass is 19.4. The Bertz CT molecular complexity index is 1180. The Balaban J connectivity index is 1.89. The van der Waals surface area contributed by atoms with Crippen molar-refractivity contribution in [3.63, 3.8) is 0 Å². The second-order valence-electron chi connectivity index (χ2n) is 6.57. The van der Waals surface area contributed by atoms with Crippen molar-refractivity contribution in [2.24, 2.45) is 0 Å². The Morgan fingerprint density at radius 3 is 2.45 bits per heavy atom. The summed E-state index contributed by atoms with van der Waals surface area (Å²) in [5.41, 5.74) is -1.93. The number of H-pyrrole nitrogens is 1. The number of alkyl halides is 3. The van der Waals surface area contributed by atoms with Gasteiger partial charge in [0.2, 0.25) is 0 Å². The van der Waals surface area contributed by atoms with Crippen molar-refractivity contribution in [1.82, 2.24) is 15.1 Å². The predicted octanol–water partition coefficient (Wildman–Crippen LogP) is 3.27. The molecule has 0 saturated heterocycles. The van der Waals surface area contributed by atoms with Crippen molar-refractivity contribution in [2.45, 2.75) is 18.6 Å². The Morgan fingerprint density at radius 1 is 1.10 bits per heavy atom. The van der Waals surface area contributed by atoms with Crippen LogP contribution in [0.5, 0.6) is 0 Å². The fourth-order valence-corrected chi connectivity index (χ4v) is 2.91. The van der Waals surface area contributed by atoms with E-state index in [2.05, 4.69) is 10.4 Å². The Labute approximate surface area is 171 Å². The normalized spacial score (nSPS) is 12.4. The molecule has 3 aromatic rings. The van der Waals surface area contributed by atoms with Crippen LogP contribution in [0.15, 0.2) is 59.4 Å². The van der Waals surface area contributed by atoms with Crippen molar-refractivity contribution in [2.75, 3.05) is 0 Å². The summed E-state index contributed by atoms with van der Waals surface area (Å²) in [5, 5.41) is 13.9. The lowest BCUT2D eigenvalue weighted by molar-refractivity contribution is -0.138. The van der Waals surface area contributed by atoms with Gasteiger partial charge in [-0.15, -0.1) is 0 Å². The molecule has 3 N–H and O–H groups in total. The lowest BCUT2D eigenvalue weighted by atomic mass is 10.0. The number of nitrogens with one attached hydrogen (secondary N) is 2. The highest BCUT2D eigenvalue weighted by Gasteiger charge is 2.31. The Kier molecular flexibility index (Phi) is 5.95. The summed E-state index contributed by atoms with van der Waals surface area (Å²) in [5.74, 6) is -2.89. The number of aromatic nitrogens is 2. The van der Waals surface area contributed by atoms with E-state index >= 15 is 0 Å². The first kappa shape index (κ1) is 21.8. The molecule has 0 aliphatic heterocycles. The van der Waals surface area contributed by atoms with Gasteiger partial charge in [-0.2, -0.15) is 13.2 Å². The predicted molar refractivity (Wildman–Crippen MR) is 100 cm³/mol. The molecule has 1 heterocycles. The number of hydrogen-bond acceptors (Lipinski definition) is 3. The van der Waals surface area contributed by atoms with Crippen LogP contribution in [0.1, 0.15) is 34.1 Å². The molecule has 0 radical (unpaired) electrons. The SMILES string of the molecule is O=C(O)C[C@H](NC(=O)c1cc(=O)n(-c2cccc(F)c2)[nH]1)c1cccc(C(F)(F)F)c1. The van der Waals surface area contributed by atoms with Crippen LogP contribution in [0.3, 0.4) is 0 Å². The van der Waals surface area contributed by atoms with Crippen LogP contribution in [0, 0.1) is 5.82 Å². The molecule has 0 saturated carbocycles. The fraction of sp³-hybridized carbons (Fsp3) is 0.150. The minimum absolute atomic E-state index is 0.0718. The van der Waals surface area contributed by atoms with Gasteiger partial charge in [0.25, 0.3) is 11.5 Å². The molecule has 11 heteroatoms. The summed E-state index contributed by atoms with van der Waals surface area (Å²) >= 11 is 0. The number of carboxylic acids is 1. The van der Waals surface area contributed by atoms with E-state index in [1.807, 2.05) is 0 Å². The van der Waals surface area contributed by atoms with Crippen molar-refractivity contribution < 1.29 is 32.3 Å². The number of carbonyl (C=O) groups is 2. The Morgan fingerprint density at radius 2 is 1.81 bits per heavy atom. The number of hydrogen-bond donors (Lipinski definition) is 3. The van der Waals surface area contributed by atoms with Crippen LogP contribution >= 0.6 is 0 Å². The van der Waals surface area contributed by atoms with Gasteiger partial charge in [-0.05, 0) is 35.9 Å². The molecule has 0 fully saturated rings. The van der Waals surface area contributed by atoms with Gasteiger partial charge >= 0.3 is 12.1 Å². The molecule has 0 unspecified atom stereocenters. The number of nitrogens with zero attached hydrogens (tertiary/aromatic N) is 1. The molecule has 1 atom stereocenters. The summed E-state index contributed by atoms with van der Waals surface area (Å²) < 4.78 is 53.3. The number of aromatic amines is 1. The minimum atomic E-state index is -4.65. The molecule has 162 valence electrons. The second kappa shape index (κ2) is 8.46. The standard InChI is InChI=1S/C20H15F4N3O4/c21-13-5-2-6-14(8-13)27-17(28)9-16(26-27)19(31)25-15(10-18(29)30)11-3-1-4-12(7-11)20(22,23)24/h1-9,15,26H,10H2,(H,25,31)(H,29,30)/t15-/m0/s1. The maximum atomic E-state index is 13.4. The first-order chi connectivity index (χ1) is 14.5. The molecule has 1 aromatic heterocycles. The monoisotopic (exact) mass is 437 g/mol. The van der Waals surface area contributed by atoms with Gasteiger partial charge < -0.3 is 10.4 Å². The van der Waals surface area contributed by atoms with E-state index in [9.17, 15) is 31.9 Å². The van der Waals surface area contributed by atoms with Gasteiger partial charge in [-0.1, -0.05) is 18.2 Å². The smallest absolute Gasteiger partial charge is 0.416 e.